The average molecular weight is 447 g/mol. The minimum absolute atomic E-state index is 0.114. The van der Waals surface area contributed by atoms with Gasteiger partial charge in [-0.1, -0.05) is 11.6 Å². The number of carbonyl (C=O) groups is 1. The highest BCUT2D eigenvalue weighted by molar-refractivity contribution is 6.33. The van der Waals surface area contributed by atoms with Gasteiger partial charge in [-0.25, -0.2) is 19.3 Å². The van der Waals surface area contributed by atoms with Gasteiger partial charge in [0, 0.05) is 19.2 Å². The van der Waals surface area contributed by atoms with Crippen molar-refractivity contribution >= 4 is 40.4 Å². The number of fused-ring (bicyclic) bond motifs is 3. The van der Waals surface area contributed by atoms with E-state index in [-0.39, 0.29) is 35.0 Å². The minimum Gasteiger partial charge on any atom is -0.389 e. The predicted molar refractivity (Wildman–Crippen MR) is 113 cm³/mol. The van der Waals surface area contributed by atoms with E-state index in [1.807, 2.05) is 0 Å². The van der Waals surface area contributed by atoms with E-state index in [4.69, 9.17) is 16.3 Å². The number of nitrogens with one attached hydrogen (secondary N) is 1. The molecule has 1 unspecified atom stereocenters. The van der Waals surface area contributed by atoms with E-state index < -0.39 is 18.0 Å². The minimum atomic E-state index is -0.685. The summed E-state index contributed by atoms with van der Waals surface area (Å²) in [6.45, 7) is 2.51. The van der Waals surface area contributed by atoms with Crippen LogP contribution in [0.2, 0.25) is 5.02 Å². The van der Waals surface area contributed by atoms with Gasteiger partial charge in [0.05, 0.1) is 41.2 Å². The Balaban J connectivity index is 1.57. The Bertz CT molecular complexity index is 1200. The lowest BCUT2D eigenvalue weighted by Crippen LogP contribution is -2.42. The monoisotopic (exact) mass is 446 g/mol. The van der Waals surface area contributed by atoms with Crippen LogP contribution in [0.4, 0.5) is 16.3 Å². The van der Waals surface area contributed by atoms with Gasteiger partial charge in [-0.05, 0) is 25.5 Å². The van der Waals surface area contributed by atoms with E-state index in [0.717, 1.165) is 0 Å². The second-order valence-electron chi connectivity index (χ2n) is 7.75. The molecular formula is C20H20ClFN6O3. The van der Waals surface area contributed by atoms with Gasteiger partial charge in [-0.15, -0.1) is 0 Å². The summed E-state index contributed by atoms with van der Waals surface area (Å²) in [4.78, 5) is 26.7. The molecule has 0 aliphatic carbocycles. The Morgan fingerprint density at radius 1 is 1.35 bits per heavy atom. The number of rotatable bonds is 3. The summed E-state index contributed by atoms with van der Waals surface area (Å²) in [5, 5.41) is 13.5. The van der Waals surface area contributed by atoms with Crippen LogP contribution < -0.4 is 10.2 Å². The number of ether oxygens (including phenoxy) is 1. The number of aliphatic hydroxyl groups excluding tert-OH is 1. The number of anilines is 2. The van der Waals surface area contributed by atoms with Crippen LogP contribution in [0.5, 0.6) is 0 Å². The molecule has 2 aromatic heterocycles. The summed E-state index contributed by atoms with van der Waals surface area (Å²) in [5.74, 6) is 0.0177. The van der Waals surface area contributed by atoms with Crippen molar-refractivity contribution in [3.05, 3.63) is 29.2 Å². The molecule has 3 aromatic rings. The molecule has 9 nitrogen and oxygen atoms in total. The van der Waals surface area contributed by atoms with Crippen LogP contribution >= 0.6 is 11.6 Å². The molecule has 162 valence electrons. The van der Waals surface area contributed by atoms with Crippen molar-refractivity contribution in [3.8, 4) is 11.3 Å². The van der Waals surface area contributed by atoms with Gasteiger partial charge in [0.2, 0.25) is 11.9 Å². The largest absolute Gasteiger partial charge is 0.389 e. The summed E-state index contributed by atoms with van der Waals surface area (Å²) in [5.41, 5.74) is 1.44. The van der Waals surface area contributed by atoms with Crippen LogP contribution in [0.15, 0.2) is 18.3 Å². The first-order valence-electron chi connectivity index (χ1n) is 9.89. The highest BCUT2D eigenvalue weighted by Gasteiger charge is 2.35. The third-order valence-corrected chi connectivity index (χ3v) is 6.04. The van der Waals surface area contributed by atoms with Crippen molar-refractivity contribution in [2.75, 3.05) is 30.5 Å². The molecular weight excluding hydrogens is 427 g/mol. The number of carbonyl (C=O) groups excluding carboxylic acids is 1. The maximum absolute atomic E-state index is 15.0. The summed E-state index contributed by atoms with van der Waals surface area (Å²) in [6.07, 6.45) is 1.35. The van der Waals surface area contributed by atoms with Crippen molar-refractivity contribution in [2.45, 2.75) is 31.5 Å². The van der Waals surface area contributed by atoms with Crippen molar-refractivity contribution in [1.82, 2.24) is 19.5 Å². The Morgan fingerprint density at radius 2 is 2.16 bits per heavy atom. The van der Waals surface area contributed by atoms with Crippen LogP contribution in [-0.2, 0) is 9.53 Å². The highest BCUT2D eigenvalue weighted by atomic mass is 35.5. The normalized spacial score (nSPS) is 23.5. The molecule has 3 atom stereocenters. The fraction of sp³-hybridized carbons (Fsp3) is 0.400. The number of hydrogen-bond donors (Lipinski definition) is 2. The van der Waals surface area contributed by atoms with E-state index in [2.05, 4.69) is 20.3 Å². The second-order valence-corrected chi connectivity index (χ2v) is 8.16. The molecule has 2 aliphatic heterocycles. The molecule has 31 heavy (non-hydrogen) atoms. The third-order valence-electron chi connectivity index (χ3n) is 5.76. The van der Waals surface area contributed by atoms with Gasteiger partial charge in [-0.2, -0.15) is 0 Å². The molecule has 0 radical (unpaired) electrons. The molecule has 5 rings (SSSR count). The van der Waals surface area contributed by atoms with E-state index in [9.17, 15) is 14.3 Å². The molecule has 2 N–H and O–H groups in total. The van der Waals surface area contributed by atoms with Gasteiger partial charge in [0.1, 0.15) is 11.6 Å². The van der Waals surface area contributed by atoms with E-state index >= 15 is 0 Å². The quantitative estimate of drug-likeness (QED) is 0.636. The zero-order chi connectivity index (χ0) is 21.9. The smallest absolute Gasteiger partial charge is 0.251 e. The van der Waals surface area contributed by atoms with Crippen molar-refractivity contribution in [3.63, 3.8) is 0 Å². The zero-order valence-corrected chi connectivity index (χ0v) is 17.6. The fourth-order valence-electron chi connectivity index (χ4n) is 4.08. The van der Waals surface area contributed by atoms with Crippen LogP contribution in [-0.4, -0.2) is 62.9 Å². The maximum atomic E-state index is 15.0. The van der Waals surface area contributed by atoms with Gasteiger partial charge in [-0.3, -0.25) is 14.3 Å². The van der Waals surface area contributed by atoms with Gasteiger partial charge in [0.25, 0.3) is 5.91 Å². The number of hydrogen-bond acceptors (Lipinski definition) is 7. The second kappa shape index (κ2) is 7.40. The molecule has 1 amide bonds. The van der Waals surface area contributed by atoms with Crippen LogP contribution in [0.3, 0.4) is 0 Å². The predicted octanol–water partition coefficient (Wildman–Crippen LogP) is 2.38. The SMILES string of the molecule is CC1C(=O)N(C)c2nc3c(F)cc(-c4nc(N[C@@H]5CCOC[C@H]5O)ncc4Cl)cc3n21. The number of aliphatic hydroxyl groups is 1. The first-order chi connectivity index (χ1) is 14.8. The first kappa shape index (κ1) is 20.1. The topological polar surface area (TPSA) is 105 Å². The van der Waals surface area contributed by atoms with E-state index in [1.54, 1.807) is 24.6 Å². The molecule has 0 bridgehead atoms. The molecule has 1 fully saturated rings. The number of likely N-dealkylation sites (N-methyl/N-ethyl adjacent to an activating group) is 1. The summed E-state index contributed by atoms with van der Waals surface area (Å²) in [7, 11) is 1.62. The van der Waals surface area contributed by atoms with Crippen LogP contribution in [0, 0.1) is 5.82 Å². The lowest BCUT2D eigenvalue weighted by molar-refractivity contribution is -0.119. The van der Waals surface area contributed by atoms with Gasteiger partial charge >= 0.3 is 0 Å². The van der Waals surface area contributed by atoms with Gasteiger partial charge in [0.15, 0.2) is 5.82 Å². The van der Waals surface area contributed by atoms with Crippen LogP contribution in [0.25, 0.3) is 22.3 Å². The van der Waals surface area contributed by atoms with Gasteiger partial charge < -0.3 is 15.2 Å². The average Bonchev–Trinajstić information content (AvgIpc) is 3.23. The summed E-state index contributed by atoms with van der Waals surface area (Å²) < 4.78 is 21.9. The molecule has 0 saturated carbocycles. The Hall–Kier alpha value is -2.82. The number of imidazole rings is 1. The molecule has 1 aromatic carbocycles. The van der Waals surface area contributed by atoms with Crippen molar-refractivity contribution < 1.29 is 19.0 Å². The maximum Gasteiger partial charge on any atom is 0.251 e. The number of aromatic nitrogens is 4. The zero-order valence-electron chi connectivity index (χ0n) is 16.8. The fourth-order valence-corrected chi connectivity index (χ4v) is 4.28. The third kappa shape index (κ3) is 3.22. The van der Waals surface area contributed by atoms with Crippen LogP contribution in [0.1, 0.15) is 19.4 Å². The first-order valence-corrected chi connectivity index (χ1v) is 10.3. The Labute approximate surface area is 181 Å². The summed E-state index contributed by atoms with van der Waals surface area (Å²) in [6, 6.07) is 2.29. The number of nitrogens with zero attached hydrogens (tertiary/aromatic N) is 5. The number of amides is 1. The summed E-state index contributed by atoms with van der Waals surface area (Å²) >= 11 is 6.34. The molecule has 2 aliphatic rings. The molecule has 11 heteroatoms. The Morgan fingerprint density at radius 3 is 2.94 bits per heavy atom. The van der Waals surface area contributed by atoms with Crippen molar-refractivity contribution in [1.29, 1.82) is 0 Å². The lowest BCUT2D eigenvalue weighted by atomic mass is 10.1. The Kier molecular flexibility index (Phi) is 4.80. The standard InChI is InChI=1S/C20H20ClFN6O3/c1-9-18(30)27(2)20-26-17-12(22)5-10(6-14(17)28(9)20)16-11(21)7-23-19(25-16)24-13-3-4-31-8-15(13)29/h5-7,9,13,15,29H,3-4,8H2,1-2H3,(H,23,24,25)/t9?,13-,15-/m1/s1. The molecule has 4 heterocycles. The van der Waals surface area contributed by atoms with Crippen molar-refractivity contribution in [2.24, 2.45) is 0 Å². The molecule has 1 saturated heterocycles. The van der Waals surface area contributed by atoms with E-state index in [1.165, 1.54) is 17.2 Å². The number of benzene rings is 1. The number of halogens is 2. The highest BCUT2D eigenvalue weighted by Crippen LogP contribution is 2.37. The molecule has 0 spiro atoms. The lowest BCUT2D eigenvalue weighted by Gasteiger charge is -2.28. The van der Waals surface area contributed by atoms with E-state index in [0.29, 0.717) is 35.8 Å².